The van der Waals surface area contributed by atoms with Gasteiger partial charge in [0.1, 0.15) is 5.75 Å². The molecule has 2 fully saturated rings. The van der Waals surface area contributed by atoms with E-state index in [1.807, 2.05) is 47.4 Å². The summed E-state index contributed by atoms with van der Waals surface area (Å²) in [6.07, 6.45) is 1.89. The number of halogens is 1. The summed E-state index contributed by atoms with van der Waals surface area (Å²) < 4.78 is 11.0. The molecular weight excluding hydrogens is 466 g/mol. The summed E-state index contributed by atoms with van der Waals surface area (Å²) in [6.45, 7) is 5.19. The minimum absolute atomic E-state index is 0.00692. The van der Waals surface area contributed by atoms with Crippen molar-refractivity contribution in [3.05, 3.63) is 59.4 Å². The van der Waals surface area contributed by atoms with E-state index in [2.05, 4.69) is 26.0 Å². The smallest absolute Gasteiger partial charge is 0.241 e. The molecule has 0 radical (unpaired) electrons. The van der Waals surface area contributed by atoms with Gasteiger partial charge in [-0.2, -0.15) is 4.98 Å². The van der Waals surface area contributed by atoms with Crippen molar-refractivity contribution in [1.82, 2.24) is 19.9 Å². The van der Waals surface area contributed by atoms with E-state index in [0.29, 0.717) is 29.8 Å². The highest BCUT2D eigenvalue weighted by atomic mass is 35.5. The van der Waals surface area contributed by atoms with E-state index >= 15 is 0 Å². The summed E-state index contributed by atoms with van der Waals surface area (Å²) in [5.74, 6) is 2.14. The van der Waals surface area contributed by atoms with Crippen LogP contribution in [0.15, 0.2) is 53.1 Å². The highest BCUT2D eigenvalue weighted by Gasteiger charge is 2.32. The Morgan fingerprint density at radius 1 is 1.09 bits per heavy atom. The lowest BCUT2D eigenvalue weighted by molar-refractivity contribution is -0.137. The SMILES string of the molecule is COc1ccccc1N1CCN(C(=O)C2CCCN(Cc3nc(-c4ccccc4Cl)no3)C2)CC1. The molecule has 1 aromatic heterocycles. The van der Waals surface area contributed by atoms with Gasteiger partial charge in [-0.15, -0.1) is 0 Å². The first-order chi connectivity index (χ1) is 17.1. The van der Waals surface area contributed by atoms with Gasteiger partial charge in [0.05, 0.1) is 30.3 Å². The molecule has 0 spiro atoms. The van der Waals surface area contributed by atoms with Gasteiger partial charge in [0.15, 0.2) is 0 Å². The number of likely N-dealkylation sites (tertiary alicyclic amines) is 1. The number of hydrogen-bond donors (Lipinski definition) is 0. The number of nitrogens with zero attached hydrogens (tertiary/aromatic N) is 5. The van der Waals surface area contributed by atoms with Crippen molar-refractivity contribution in [3.8, 4) is 17.1 Å². The summed E-state index contributed by atoms with van der Waals surface area (Å²) in [5, 5.41) is 4.69. The lowest BCUT2D eigenvalue weighted by Crippen LogP contribution is -2.52. The van der Waals surface area contributed by atoms with E-state index in [1.165, 1.54) is 0 Å². The molecule has 1 atom stereocenters. The maximum Gasteiger partial charge on any atom is 0.241 e. The molecule has 2 saturated heterocycles. The molecule has 2 aliphatic rings. The number of methoxy groups -OCH3 is 1. The van der Waals surface area contributed by atoms with Gasteiger partial charge < -0.3 is 19.1 Å². The third kappa shape index (κ3) is 5.28. The topological polar surface area (TPSA) is 74.9 Å². The first kappa shape index (κ1) is 23.6. The van der Waals surface area contributed by atoms with E-state index in [-0.39, 0.29) is 11.8 Å². The third-order valence-corrected chi connectivity index (χ3v) is 7.14. The summed E-state index contributed by atoms with van der Waals surface area (Å²) in [6, 6.07) is 15.5. The van der Waals surface area contributed by atoms with Crippen LogP contribution in [0.1, 0.15) is 18.7 Å². The number of hydrogen-bond acceptors (Lipinski definition) is 7. The Hall–Kier alpha value is -3.10. The van der Waals surface area contributed by atoms with Gasteiger partial charge >= 0.3 is 0 Å². The van der Waals surface area contributed by atoms with Gasteiger partial charge in [0, 0.05) is 38.3 Å². The summed E-state index contributed by atoms with van der Waals surface area (Å²) in [4.78, 5) is 24.4. The van der Waals surface area contributed by atoms with Gasteiger partial charge in [-0.05, 0) is 43.7 Å². The van der Waals surface area contributed by atoms with Crippen molar-refractivity contribution < 1.29 is 14.1 Å². The van der Waals surface area contributed by atoms with Crippen molar-refractivity contribution in [1.29, 1.82) is 0 Å². The van der Waals surface area contributed by atoms with Crippen LogP contribution in [-0.2, 0) is 11.3 Å². The number of rotatable bonds is 6. The fourth-order valence-electron chi connectivity index (χ4n) is 4.98. The zero-order chi connectivity index (χ0) is 24.2. The molecule has 1 unspecified atom stereocenters. The molecule has 5 rings (SSSR count). The van der Waals surface area contributed by atoms with Gasteiger partial charge in [-0.1, -0.05) is 41.0 Å². The van der Waals surface area contributed by atoms with Gasteiger partial charge in [-0.3, -0.25) is 9.69 Å². The molecule has 35 heavy (non-hydrogen) atoms. The fourth-order valence-corrected chi connectivity index (χ4v) is 5.20. The maximum atomic E-state index is 13.3. The third-order valence-electron chi connectivity index (χ3n) is 6.81. The number of benzene rings is 2. The van der Waals surface area contributed by atoms with Gasteiger partial charge in [0.25, 0.3) is 0 Å². The number of para-hydroxylation sites is 2. The maximum absolute atomic E-state index is 13.3. The Labute approximate surface area is 210 Å². The Morgan fingerprint density at radius 2 is 1.86 bits per heavy atom. The van der Waals surface area contributed by atoms with Crippen molar-refractivity contribution in [2.24, 2.45) is 5.92 Å². The van der Waals surface area contributed by atoms with Crippen LogP contribution in [-0.4, -0.2) is 72.2 Å². The van der Waals surface area contributed by atoms with Crippen LogP contribution in [0, 0.1) is 5.92 Å². The average molecular weight is 496 g/mol. The van der Waals surface area contributed by atoms with Crippen molar-refractivity contribution in [2.75, 3.05) is 51.3 Å². The molecular formula is C26H30ClN5O3. The number of piperidine rings is 1. The monoisotopic (exact) mass is 495 g/mol. The van der Waals surface area contributed by atoms with E-state index in [1.54, 1.807) is 7.11 Å². The Kier molecular flexibility index (Phi) is 7.20. The summed E-state index contributed by atoms with van der Waals surface area (Å²) in [7, 11) is 1.69. The molecule has 9 heteroatoms. The van der Waals surface area contributed by atoms with Crippen molar-refractivity contribution in [3.63, 3.8) is 0 Å². The zero-order valence-corrected chi connectivity index (χ0v) is 20.7. The highest BCUT2D eigenvalue weighted by Crippen LogP contribution is 2.29. The number of carbonyl (C=O) groups is 1. The lowest BCUT2D eigenvalue weighted by atomic mass is 9.96. The van der Waals surface area contributed by atoms with Crippen molar-refractivity contribution >= 4 is 23.2 Å². The molecule has 184 valence electrons. The Bertz CT molecular complexity index is 1160. The first-order valence-electron chi connectivity index (χ1n) is 12.1. The number of piperazine rings is 1. The minimum Gasteiger partial charge on any atom is -0.495 e. The second kappa shape index (κ2) is 10.7. The van der Waals surface area contributed by atoms with Crippen LogP contribution in [0.2, 0.25) is 5.02 Å². The van der Waals surface area contributed by atoms with E-state index in [4.69, 9.17) is 20.9 Å². The van der Waals surface area contributed by atoms with Crippen LogP contribution in [0.25, 0.3) is 11.4 Å². The Balaban J connectivity index is 1.16. The molecule has 0 N–H and O–H groups in total. The molecule has 2 aromatic carbocycles. The summed E-state index contributed by atoms with van der Waals surface area (Å²) >= 11 is 6.26. The average Bonchev–Trinajstić information content (AvgIpc) is 3.37. The quantitative estimate of drug-likeness (QED) is 0.512. The predicted octanol–water partition coefficient (Wildman–Crippen LogP) is 3.96. The number of amides is 1. The molecule has 2 aliphatic heterocycles. The number of aromatic nitrogens is 2. The molecule has 0 saturated carbocycles. The fraction of sp³-hybridized carbons (Fsp3) is 0.423. The predicted molar refractivity (Wildman–Crippen MR) is 135 cm³/mol. The molecule has 3 heterocycles. The van der Waals surface area contributed by atoms with Crippen LogP contribution < -0.4 is 9.64 Å². The second-order valence-electron chi connectivity index (χ2n) is 9.05. The zero-order valence-electron chi connectivity index (χ0n) is 19.9. The minimum atomic E-state index is -0.00692. The summed E-state index contributed by atoms with van der Waals surface area (Å²) in [5.41, 5.74) is 1.84. The molecule has 0 aliphatic carbocycles. The van der Waals surface area contributed by atoms with E-state index in [9.17, 15) is 4.79 Å². The second-order valence-corrected chi connectivity index (χ2v) is 9.46. The Morgan fingerprint density at radius 3 is 2.66 bits per heavy atom. The van der Waals surface area contributed by atoms with E-state index in [0.717, 1.165) is 62.6 Å². The van der Waals surface area contributed by atoms with Crippen LogP contribution >= 0.6 is 11.6 Å². The molecule has 3 aromatic rings. The van der Waals surface area contributed by atoms with Gasteiger partial charge in [-0.25, -0.2) is 0 Å². The molecule has 0 bridgehead atoms. The largest absolute Gasteiger partial charge is 0.495 e. The van der Waals surface area contributed by atoms with Crippen molar-refractivity contribution in [2.45, 2.75) is 19.4 Å². The standard InChI is InChI=1S/C26H30ClN5O3/c1-34-23-11-5-4-10-22(23)31-13-15-32(16-14-31)26(33)19-7-6-12-30(17-19)18-24-28-25(29-35-24)20-8-2-3-9-21(20)27/h2-5,8-11,19H,6-7,12-18H2,1H3. The van der Waals surface area contributed by atoms with E-state index < -0.39 is 0 Å². The number of anilines is 1. The van der Waals surface area contributed by atoms with Crippen LogP contribution in [0.4, 0.5) is 5.69 Å². The highest BCUT2D eigenvalue weighted by molar-refractivity contribution is 6.33. The molecule has 1 amide bonds. The first-order valence-corrected chi connectivity index (χ1v) is 12.5. The lowest BCUT2D eigenvalue weighted by Gasteiger charge is -2.39. The number of carbonyl (C=O) groups excluding carboxylic acids is 1. The molecule has 8 nitrogen and oxygen atoms in total. The normalized spacial score (nSPS) is 19.1. The number of ether oxygens (including phenoxy) is 1. The van der Waals surface area contributed by atoms with Crippen LogP contribution in [0.3, 0.4) is 0 Å². The van der Waals surface area contributed by atoms with Crippen LogP contribution in [0.5, 0.6) is 5.75 Å². The van der Waals surface area contributed by atoms with Gasteiger partial charge in [0.2, 0.25) is 17.6 Å².